The molecule has 2 aliphatic rings. The van der Waals surface area contributed by atoms with Crippen LogP contribution in [0, 0.1) is 30.6 Å². The summed E-state index contributed by atoms with van der Waals surface area (Å²) in [6.07, 6.45) is -0.448. The summed E-state index contributed by atoms with van der Waals surface area (Å²) in [6.45, 7) is 0. The lowest BCUT2D eigenvalue weighted by atomic mass is 9.89. The molecule has 2 unspecified atom stereocenters. The number of benzene rings is 2. The van der Waals surface area contributed by atoms with Crippen molar-refractivity contribution in [2.24, 2.45) is 11.8 Å². The van der Waals surface area contributed by atoms with Crippen LogP contribution in [0.5, 0.6) is 0 Å². The molecule has 0 amide bonds. The van der Waals surface area contributed by atoms with Gasteiger partial charge in [0.25, 0.3) is 11.8 Å². The molecule has 150 valence electrons. The maximum atomic E-state index is 14.7. The molecule has 4 rings (SSSR count). The van der Waals surface area contributed by atoms with E-state index in [1.165, 1.54) is 12.1 Å². The predicted octanol–water partition coefficient (Wildman–Crippen LogP) is 7.18. The fourth-order valence-electron chi connectivity index (χ4n) is 4.49. The Labute approximate surface area is 185 Å². The first kappa shape index (κ1) is 20.7. The van der Waals surface area contributed by atoms with Crippen LogP contribution in [0.4, 0.5) is 26.3 Å². The van der Waals surface area contributed by atoms with Crippen LogP contribution in [0.25, 0.3) is 0 Å². The van der Waals surface area contributed by atoms with E-state index in [4.69, 9.17) is 0 Å². The third-order valence-electron chi connectivity index (χ3n) is 5.76. The van der Waals surface area contributed by atoms with Gasteiger partial charge in [-0.15, -0.1) is 0 Å². The number of hydrogen-bond donors (Lipinski definition) is 0. The second-order valence-corrected chi connectivity index (χ2v) is 9.96. The average Bonchev–Trinajstić information content (AvgIpc) is 2.94. The molecular weight excluding hydrogens is 608 g/mol. The largest absolute Gasteiger partial charge is 0.279 e. The Morgan fingerprint density at radius 2 is 1.07 bits per heavy atom. The van der Waals surface area contributed by atoms with Gasteiger partial charge in [0, 0.05) is 19.0 Å². The molecule has 2 aromatic carbocycles. The predicted molar refractivity (Wildman–Crippen MR) is 110 cm³/mol. The highest BCUT2D eigenvalue weighted by atomic mass is 127. The third kappa shape index (κ3) is 3.26. The van der Waals surface area contributed by atoms with Crippen molar-refractivity contribution in [1.82, 2.24) is 0 Å². The van der Waals surface area contributed by atoms with Crippen molar-refractivity contribution in [1.29, 1.82) is 0 Å². The maximum Gasteiger partial charge on any atom is 0.279 e. The number of hydrogen-bond acceptors (Lipinski definition) is 0. The SMILES string of the molecule is Fc1cc(I)cc2c1C(F)(F)C(CCC1Cc3cc(I)cc(F)c3C1(F)F)C2. The van der Waals surface area contributed by atoms with E-state index in [-0.39, 0.29) is 36.8 Å². The van der Waals surface area contributed by atoms with Crippen molar-refractivity contribution in [3.8, 4) is 0 Å². The quantitative estimate of drug-likeness (QED) is 0.252. The molecule has 2 atom stereocenters. The lowest BCUT2D eigenvalue weighted by molar-refractivity contribution is -0.0793. The second-order valence-electron chi connectivity index (χ2n) is 7.47. The number of fused-ring (bicyclic) bond motifs is 2. The van der Waals surface area contributed by atoms with Gasteiger partial charge in [-0.1, -0.05) is 0 Å². The van der Waals surface area contributed by atoms with Crippen LogP contribution in [0.1, 0.15) is 35.1 Å². The molecule has 0 fully saturated rings. The smallest absolute Gasteiger partial charge is 0.206 e. The molecule has 0 nitrogen and oxygen atoms in total. The highest BCUT2D eigenvalue weighted by molar-refractivity contribution is 14.1. The highest BCUT2D eigenvalue weighted by Crippen LogP contribution is 2.53. The van der Waals surface area contributed by atoms with Crippen molar-refractivity contribution in [3.63, 3.8) is 0 Å². The summed E-state index contributed by atoms with van der Waals surface area (Å²) in [5, 5.41) is 0. The third-order valence-corrected chi connectivity index (χ3v) is 7.01. The van der Waals surface area contributed by atoms with Crippen LogP contribution in [0.3, 0.4) is 0 Å². The molecule has 0 aromatic heterocycles. The minimum absolute atomic E-state index is 0.0480. The van der Waals surface area contributed by atoms with E-state index in [1.54, 1.807) is 0 Å². The monoisotopic (exact) mass is 622 g/mol. The Hall–Kier alpha value is -0.520. The summed E-state index contributed by atoms with van der Waals surface area (Å²) < 4.78 is 88.2. The van der Waals surface area contributed by atoms with E-state index in [1.807, 2.05) is 45.2 Å². The Balaban J connectivity index is 1.55. The van der Waals surface area contributed by atoms with Gasteiger partial charge in [0.1, 0.15) is 11.6 Å². The zero-order valence-electron chi connectivity index (χ0n) is 14.3. The zero-order chi connectivity index (χ0) is 20.4. The normalized spacial score (nSPS) is 24.3. The molecule has 28 heavy (non-hydrogen) atoms. The van der Waals surface area contributed by atoms with Gasteiger partial charge in [-0.3, -0.25) is 0 Å². The summed E-state index contributed by atoms with van der Waals surface area (Å²) >= 11 is 3.72. The fourth-order valence-corrected chi connectivity index (χ4v) is 5.79. The van der Waals surface area contributed by atoms with Gasteiger partial charge in [0.05, 0.1) is 11.1 Å². The van der Waals surface area contributed by atoms with E-state index >= 15 is 0 Å². The van der Waals surface area contributed by atoms with Crippen molar-refractivity contribution in [2.75, 3.05) is 0 Å². The maximum absolute atomic E-state index is 14.7. The van der Waals surface area contributed by atoms with Gasteiger partial charge < -0.3 is 0 Å². The van der Waals surface area contributed by atoms with Gasteiger partial charge >= 0.3 is 0 Å². The summed E-state index contributed by atoms with van der Waals surface area (Å²) in [5.41, 5.74) is -0.747. The molecule has 0 spiro atoms. The molecular formula is C20H14F6I2. The Bertz CT molecular complexity index is 879. The number of rotatable bonds is 3. The van der Waals surface area contributed by atoms with Gasteiger partial charge in [0.2, 0.25) is 0 Å². The molecule has 2 aromatic rings. The van der Waals surface area contributed by atoms with E-state index in [0.29, 0.717) is 7.14 Å². The van der Waals surface area contributed by atoms with Gasteiger partial charge in [-0.2, -0.15) is 0 Å². The molecule has 0 aliphatic heterocycles. The average molecular weight is 622 g/mol. The van der Waals surface area contributed by atoms with Crippen molar-refractivity contribution in [3.05, 3.63) is 65.3 Å². The minimum atomic E-state index is -3.40. The molecule has 0 saturated heterocycles. The Morgan fingerprint density at radius 1 is 0.714 bits per heavy atom. The summed E-state index contributed by atoms with van der Waals surface area (Å²) in [6, 6.07) is 5.15. The van der Waals surface area contributed by atoms with Crippen LogP contribution in [0.2, 0.25) is 0 Å². The highest BCUT2D eigenvalue weighted by Gasteiger charge is 2.53. The molecule has 0 radical (unpaired) electrons. The van der Waals surface area contributed by atoms with E-state index in [0.717, 1.165) is 12.1 Å². The minimum Gasteiger partial charge on any atom is -0.206 e. The van der Waals surface area contributed by atoms with Crippen LogP contribution in [-0.4, -0.2) is 0 Å². The lowest BCUT2D eigenvalue weighted by Crippen LogP contribution is -2.26. The fraction of sp³-hybridized carbons (Fsp3) is 0.400. The van der Waals surface area contributed by atoms with Crippen LogP contribution in [0.15, 0.2) is 24.3 Å². The second kappa shape index (κ2) is 7.02. The molecule has 0 N–H and O–H groups in total. The van der Waals surface area contributed by atoms with E-state index in [2.05, 4.69) is 0 Å². The first-order valence-electron chi connectivity index (χ1n) is 8.74. The molecule has 2 aliphatic carbocycles. The Kier molecular flexibility index (Phi) is 5.20. The van der Waals surface area contributed by atoms with Crippen LogP contribution >= 0.6 is 45.2 Å². The van der Waals surface area contributed by atoms with Crippen molar-refractivity contribution in [2.45, 2.75) is 37.5 Å². The first-order chi connectivity index (χ1) is 13.0. The van der Waals surface area contributed by atoms with Crippen molar-refractivity contribution < 1.29 is 26.3 Å². The zero-order valence-corrected chi connectivity index (χ0v) is 18.6. The van der Waals surface area contributed by atoms with Crippen LogP contribution in [-0.2, 0) is 24.7 Å². The van der Waals surface area contributed by atoms with Gasteiger partial charge in [0.15, 0.2) is 0 Å². The Morgan fingerprint density at radius 3 is 1.43 bits per heavy atom. The molecule has 0 bridgehead atoms. The van der Waals surface area contributed by atoms with Crippen LogP contribution < -0.4 is 0 Å². The van der Waals surface area contributed by atoms with E-state index in [9.17, 15) is 26.3 Å². The summed E-state index contributed by atoms with van der Waals surface area (Å²) in [4.78, 5) is 0. The lowest BCUT2D eigenvalue weighted by Gasteiger charge is -2.24. The first-order valence-corrected chi connectivity index (χ1v) is 10.9. The molecule has 0 saturated carbocycles. The van der Waals surface area contributed by atoms with Crippen molar-refractivity contribution >= 4 is 45.2 Å². The standard InChI is InChI=1S/C20H14F6I2/c21-15-7-13(27)5-9-3-11(19(23,24)17(9)15)1-2-12-4-10-6-14(28)8-16(22)18(10)20(12,25)26/h5-8,11-12H,1-4H2. The number of halogens is 8. The molecule has 8 heteroatoms. The summed E-state index contributed by atoms with van der Waals surface area (Å²) in [7, 11) is 0. The summed E-state index contributed by atoms with van der Waals surface area (Å²) in [5.74, 6) is -11.2. The van der Waals surface area contributed by atoms with Gasteiger partial charge in [-0.05, 0) is 106 Å². The topological polar surface area (TPSA) is 0 Å². The number of alkyl halides is 4. The molecule has 0 heterocycles. The van der Waals surface area contributed by atoms with Gasteiger partial charge in [-0.25, -0.2) is 26.3 Å². The van der Waals surface area contributed by atoms with E-state index < -0.39 is 46.4 Å².